The largest absolute Gasteiger partial charge is 0.449 e. The van der Waals surface area contributed by atoms with Crippen molar-refractivity contribution in [1.82, 2.24) is 19.4 Å². The molecule has 3 atom stereocenters. The number of halogens is 3. The second kappa shape index (κ2) is 9.99. The van der Waals surface area contributed by atoms with E-state index in [1.807, 2.05) is 0 Å². The Balaban J connectivity index is 1.38. The lowest BCUT2D eigenvalue weighted by Crippen LogP contribution is -2.58. The molecule has 1 aromatic heterocycles. The maximum atomic E-state index is 13.5. The van der Waals surface area contributed by atoms with E-state index >= 15 is 0 Å². The first-order valence-corrected chi connectivity index (χ1v) is 11.6. The zero-order valence-corrected chi connectivity index (χ0v) is 18.8. The van der Waals surface area contributed by atoms with Crippen molar-refractivity contribution in [3.05, 3.63) is 30.1 Å². The lowest BCUT2D eigenvalue weighted by atomic mass is 9.86. The van der Waals surface area contributed by atoms with Crippen molar-refractivity contribution in [3.63, 3.8) is 0 Å². The molecule has 2 aliphatic rings. The minimum absolute atomic E-state index is 0.00504. The van der Waals surface area contributed by atoms with E-state index in [2.05, 4.69) is 9.88 Å². The van der Waals surface area contributed by atoms with Crippen LogP contribution in [0.25, 0.3) is 11.0 Å². The summed E-state index contributed by atoms with van der Waals surface area (Å²) in [5.74, 6) is -1.11. The van der Waals surface area contributed by atoms with Gasteiger partial charge in [-0.05, 0) is 37.8 Å². The maximum absolute atomic E-state index is 13.5. The molecule has 1 aliphatic heterocycles. The van der Waals surface area contributed by atoms with Gasteiger partial charge in [0, 0.05) is 39.1 Å². The van der Waals surface area contributed by atoms with Gasteiger partial charge in [-0.15, -0.1) is 0 Å². The van der Waals surface area contributed by atoms with Gasteiger partial charge in [0.1, 0.15) is 0 Å². The summed E-state index contributed by atoms with van der Waals surface area (Å²) < 4.78 is 47.0. The monoisotopic (exact) mass is 468 g/mol. The van der Waals surface area contributed by atoms with Gasteiger partial charge in [0.2, 0.25) is 11.7 Å². The molecule has 0 spiro atoms. The first-order valence-electron chi connectivity index (χ1n) is 11.6. The average molecular weight is 469 g/mol. The standard InChI is InChI=1S/C23H31F3N4O3/c1-28(18-8-4-9-19(21(18)32)29-12-14-33-15-13-29)20(31)10-5-11-30-17-7-3-2-6-16(17)27-22(30)23(24,25)26/h2-3,6-7,18-19,21,32H,4-5,8-15H2,1H3/t18-,19-,21-/m1/s1. The molecule has 0 unspecified atom stereocenters. The molecule has 0 radical (unpaired) electrons. The number of rotatable bonds is 6. The molecule has 2 heterocycles. The predicted octanol–water partition coefficient (Wildman–Crippen LogP) is 2.91. The van der Waals surface area contributed by atoms with E-state index < -0.39 is 18.1 Å². The average Bonchev–Trinajstić information content (AvgIpc) is 3.18. The number of alkyl halides is 3. The molecule has 10 heteroatoms. The molecule has 0 bridgehead atoms. The number of fused-ring (bicyclic) bond motifs is 1. The van der Waals surface area contributed by atoms with E-state index in [0.29, 0.717) is 25.2 Å². The number of morpholine rings is 1. The van der Waals surface area contributed by atoms with Gasteiger partial charge >= 0.3 is 6.18 Å². The first-order chi connectivity index (χ1) is 15.8. The minimum Gasteiger partial charge on any atom is -0.389 e. The Morgan fingerprint density at radius 2 is 1.97 bits per heavy atom. The number of aromatic nitrogens is 2. The van der Waals surface area contributed by atoms with Gasteiger partial charge in [0.25, 0.3) is 0 Å². The zero-order chi connectivity index (χ0) is 23.6. The topological polar surface area (TPSA) is 70.8 Å². The molecule has 1 amide bonds. The van der Waals surface area contributed by atoms with E-state index in [1.165, 1.54) is 0 Å². The summed E-state index contributed by atoms with van der Waals surface area (Å²) in [6.07, 6.45) is -2.35. The molecule has 1 saturated heterocycles. The fraction of sp³-hybridized carbons (Fsp3) is 0.652. The lowest BCUT2D eigenvalue weighted by molar-refractivity contribution is -0.147. The minimum atomic E-state index is -4.57. The number of aliphatic hydroxyl groups is 1. The third-order valence-electron chi connectivity index (χ3n) is 6.87. The number of hydrogen-bond acceptors (Lipinski definition) is 5. The summed E-state index contributed by atoms with van der Waals surface area (Å²) >= 11 is 0. The van der Waals surface area contributed by atoms with Crippen LogP contribution in [-0.4, -0.2) is 81.9 Å². The van der Waals surface area contributed by atoms with E-state index in [9.17, 15) is 23.1 Å². The van der Waals surface area contributed by atoms with Crippen LogP contribution in [0.2, 0.25) is 0 Å². The number of aryl methyl sites for hydroxylation is 1. The Hall–Kier alpha value is -2.17. The van der Waals surface area contributed by atoms with Crippen LogP contribution in [0.5, 0.6) is 0 Å². The number of nitrogens with zero attached hydrogens (tertiary/aromatic N) is 4. The molecule has 1 N–H and O–H groups in total. The van der Waals surface area contributed by atoms with E-state index in [1.54, 1.807) is 36.2 Å². The Labute approximate surface area is 191 Å². The predicted molar refractivity (Wildman–Crippen MR) is 117 cm³/mol. The third kappa shape index (κ3) is 5.17. The van der Waals surface area contributed by atoms with Crippen LogP contribution in [0, 0.1) is 0 Å². The highest BCUT2D eigenvalue weighted by Crippen LogP contribution is 2.32. The smallest absolute Gasteiger partial charge is 0.389 e. The zero-order valence-electron chi connectivity index (χ0n) is 18.8. The number of carbonyl (C=O) groups is 1. The van der Waals surface area contributed by atoms with Crippen LogP contribution in [-0.2, 0) is 22.3 Å². The normalized spacial score (nSPS) is 24.8. The summed E-state index contributed by atoms with van der Waals surface area (Å²) in [7, 11) is 1.69. The number of para-hydroxylation sites is 2. The van der Waals surface area contributed by atoms with E-state index in [0.717, 1.165) is 30.5 Å². The molecular formula is C23H31F3N4O3. The van der Waals surface area contributed by atoms with Crippen molar-refractivity contribution in [1.29, 1.82) is 0 Å². The Morgan fingerprint density at radius 1 is 1.24 bits per heavy atom. The quantitative estimate of drug-likeness (QED) is 0.706. The van der Waals surface area contributed by atoms with Crippen molar-refractivity contribution < 1.29 is 27.8 Å². The summed E-state index contributed by atoms with van der Waals surface area (Å²) in [6, 6.07) is 6.19. The molecule has 33 heavy (non-hydrogen) atoms. The fourth-order valence-electron chi connectivity index (χ4n) is 5.13. The second-order valence-electron chi connectivity index (χ2n) is 8.89. The van der Waals surface area contributed by atoms with Gasteiger partial charge in [-0.2, -0.15) is 13.2 Å². The highest BCUT2D eigenvalue weighted by atomic mass is 19.4. The van der Waals surface area contributed by atoms with Crippen LogP contribution < -0.4 is 0 Å². The molecule has 1 aliphatic carbocycles. The molecule has 2 fully saturated rings. The Bertz CT molecular complexity index is 958. The third-order valence-corrected chi connectivity index (χ3v) is 6.87. The Morgan fingerprint density at radius 3 is 2.70 bits per heavy atom. The molecule has 1 saturated carbocycles. The van der Waals surface area contributed by atoms with Crippen LogP contribution in [0.15, 0.2) is 24.3 Å². The maximum Gasteiger partial charge on any atom is 0.449 e. The molecule has 4 rings (SSSR count). The molecule has 2 aromatic rings. The van der Waals surface area contributed by atoms with Crippen LogP contribution >= 0.6 is 0 Å². The van der Waals surface area contributed by atoms with Crippen molar-refractivity contribution >= 4 is 16.9 Å². The van der Waals surface area contributed by atoms with Gasteiger partial charge in [-0.1, -0.05) is 12.1 Å². The van der Waals surface area contributed by atoms with Gasteiger partial charge in [-0.25, -0.2) is 4.98 Å². The van der Waals surface area contributed by atoms with Gasteiger partial charge in [0.05, 0.1) is 36.4 Å². The van der Waals surface area contributed by atoms with Crippen molar-refractivity contribution in [2.24, 2.45) is 0 Å². The van der Waals surface area contributed by atoms with Crippen LogP contribution in [0.4, 0.5) is 13.2 Å². The number of imidazole rings is 1. The number of amides is 1. The summed E-state index contributed by atoms with van der Waals surface area (Å²) in [5, 5.41) is 11.0. The van der Waals surface area contributed by atoms with Gasteiger partial charge in [-0.3, -0.25) is 9.69 Å². The highest BCUT2D eigenvalue weighted by Gasteiger charge is 2.39. The summed E-state index contributed by atoms with van der Waals surface area (Å²) in [5.41, 5.74) is 0.689. The van der Waals surface area contributed by atoms with Crippen LogP contribution in [0.1, 0.15) is 37.9 Å². The highest BCUT2D eigenvalue weighted by molar-refractivity contribution is 5.77. The summed E-state index contributed by atoms with van der Waals surface area (Å²) in [4.78, 5) is 20.5. The molecular weight excluding hydrogens is 437 g/mol. The molecule has 1 aromatic carbocycles. The second-order valence-corrected chi connectivity index (χ2v) is 8.89. The SMILES string of the molecule is CN(C(=O)CCCn1c(C(F)(F)F)nc2ccccc21)[C@@H]1CCC[C@@H](N2CCOCC2)[C@@H]1O. The molecule has 7 nitrogen and oxygen atoms in total. The van der Waals surface area contributed by atoms with Crippen LogP contribution in [0.3, 0.4) is 0 Å². The van der Waals surface area contributed by atoms with Gasteiger partial charge < -0.3 is 19.3 Å². The lowest BCUT2D eigenvalue weighted by Gasteiger charge is -2.45. The number of likely N-dealkylation sites (N-methyl/N-ethyl adjacent to an activating group) is 1. The van der Waals surface area contributed by atoms with Gasteiger partial charge in [0.15, 0.2) is 0 Å². The number of carbonyl (C=O) groups excluding carboxylic acids is 1. The van der Waals surface area contributed by atoms with Crippen molar-refractivity contribution in [3.8, 4) is 0 Å². The first kappa shape index (κ1) is 24.0. The summed E-state index contributed by atoms with van der Waals surface area (Å²) in [6.45, 7) is 2.87. The fourth-order valence-corrected chi connectivity index (χ4v) is 5.13. The number of benzene rings is 1. The van der Waals surface area contributed by atoms with E-state index in [4.69, 9.17) is 4.74 Å². The number of aliphatic hydroxyl groups excluding tert-OH is 1. The van der Waals surface area contributed by atoms with E-state index in [-0.39, 0.29) is 42.9 Å². The molecule has 182 valence electrons. The number of ether oxygens (including phenoxy) is 1. The van der Waals surface area contributed by atoms with Crippen molar-refractivity contribution in [2.45, 2.75) is 63.0 Å². The number of hydrogen-bond donors (Lipinski definition) is 1. The Kier molecular flexibility index (Phi) is 7.25. The van der Waals surface area contributed by atoms with Crippen molar-refractivity contribution in [2.75, 3.05) is 33.4 Å².